The lowest BCUT2D eigenvalue weighted by Crippen LogP contribution is -2.06. The molecular formula is C16H19OS+. The van der Waals surface area contributed by atoms with Crippen LogP contribution in [0.1, 0.15) is 11.1 Å². The number of benzene rings is 2. The molecule has 0 N–H and O–H groups in total. The first-order chi connectivity index (χ1) is 8.78. The summed E-state index contributed by atoms with van der Waals surface area (Å²) < 4.78 is 5.17. The van der Waals surface area contributed by atoms with E-state index in [0.29, 0.717) is 10.9 Å². The summed E-state index contributed by atoms with van der Waals surface area (Å²) in [4.78, 5) is 0. The molecule has 1 atom stereocenters. The maximum Gasteiger partial charge on any atom is 0.133 e. The lowest BCUT2D eigenvalue weighted by Gasteiger charge is -2.05. The topological polar surface area (TPSA) is 9.23 Å². The standard InChI is InChI=1S/C16H19OS/c1-17-16-10-8-15(9-11-16)13-18(2)12-14-6-4-3-5-7-14/h3-11H,12-13H2,1-2H3/q+1. The van der Waals surface area contributed by atoms with Gasteiger partial charge in [0.15, 0.2) is 0 Å². The van der Waals surface area contributed by atoms with Gasteiger partial charge in [-0.25, -0.2) is 0 Å². The Morgan fingerprint density at radius 1 is 0.833 bits per heavy atom. The Labute approximate surface area is 112 Å². The lowest BCUT2D eigenvalue weighted by atomic mass is 10.2. The van der Waals surface area contributed by atoms with E-state index in [9.17, 15) is 0 Å². The zero-order valence-corrected chi connectivity index (χ0v) is 11.7. The number of methoxy groups -OCH3 is 1. The fourth-order valence-corrected chi connectivity index (χ4v) is 3.54. The van der Waals surface area contributed by atoms with Gasteiger partial charge in [-0.3, -0.25) is 0 Å². The van der Waals surface area contributed by atoms with E-state index in [2.05, 4.69) is 48.7 Å². The Morgan fingerprint density at radius 2 is 1.39 bits per heavy atom. The van der Waals surface area contributed by atoms with E-state index in [4.69, 9.17) is 4.74 Å². The minimum absolute atomic E-state index is 0.379. The zero-order valence-electron chi connectivity index (χ0n) is 10.9. The van der Waals surface area contributed by atoms with Crippen molar-refractivity contribution in [2.24, 2.45) is 0 Å². The average molecular weight is 259 g/mol. The van der Waals surface area contributed by atoms with Gasteiger partial charge in [-0.2, -0.15) is 0 Å². The summed E-state index contributed by atoms with van der Waals surface area (Å²) in [6.07, 6.45) is 2.33. The first-order valence-corrected chi connectivity index (χ1v) is 8.01. The molecule has 0 spiro atoms. The van der Waals surface area contributed by atoms with Crippen LogP contribution >= 0.6 is 0 Å². The molecule has 0 saturated carbocycles. The zero-order chi connectivity index (χ0) is 12.8. The van der Waals surface area contributed by atoms with Crippen LogP contribution in [0.3, 0.4) is 0 Å². The van der Waals surface area contributed by atoms with E-state index in [1.54, 1.807) is 7.11 Å². The summed E-state index contributed by atoms with van der Waals surface area (Å²) in [6, 6.07) is 19.1. The van der Waals surface area contributed by atoms with Gasteiger partial charge in [0.2, 0.25) is 0 Å². The normalized spacial score (nSPS) is 12.1. The van der Waals surface area contributed by atoms with E-state index >= 15 is 0 Å². The maximum absolute atomic E-state index is 5.17. The van der Waals surface area contributed by atoms with Gasteiger partial charge >= 0.3 is 0 Å². The second kappa shape index (κ2) is 6.50. The van der Waals surface area contributed by atoms with Crippen LogP contribution in [-0.4, -0.2) is 13.4 Å². The minimum atomic E-state index is 0.379. The lowest BCUT2D eigenvalue weighted by molar-refractivity contribution is 0.414. The predicted molar refractivity (Wildman–Crippen MR) is 80.1 cm³/mol. The molecule has 0 aliphatic carbocycles. The summed E-state index contributed by atoms with van der Waals surface area (Å²) in [6.45, 7) is 0. The Bertz CT molecular complexity index is 464. The predicted octanol–water partition coefficient (Wildman–Crippen LogP) is 3.64. The molecule has 2 aromatic rings. The molecule has 0 aliphatic rings. The smallest absolute Gasteiger partial charge is 0.133 e. The number of rotatable bonds is 5. The Kier molecular flexibility index (Phi) is 4.71. The van der Waals surface area contributed by atoms with Crippen LogP contribution < -0.4 is 4.74 Å². The second-order valence-electron chi connectivity index (χ2n) is 4.40. The molecule has 0 saturated heterocycles. The van der Waals surface area contributed by atoms with Crippen molar-refractivity contribution in [3.05, 3.63) is 65.7 Å². The van der Waals surface area contributed by atoms with Gasteiger partial charge in [0, 0.05) is 11.1 Å². The Balaban J connectivity index is 1.92. The Morgan fingerprint density at radius 3 is 1.94 bits per heavy atom. The molecule has 0 fully saturated rings. The van der Waals surface area contributed by atoms with Crippen molar-refractivity contribution in [3.8, 4) is 5.75 Å². The molecule has 0 radical (unpaired) electrons. The fourth-order valence-electron chi connectivity index (χ4n) is 1.92. The first kappa shape index (κ1) is 13.0. The van der Waals surface area contributed by atoms with E-state index in [-0.39, 0.29) is 0 Å². The summed E-state index contributed by atoms with van der Waals surface area (Å²) in [5, 5.41) is 0. The molecule has 2 heteroatoms. The van der Waals surface area contributed by atoms with Gasteiger partial charge in [-0.15, -0.1) is 0 Å². The van der Waals surface area contributed by atoms with Crippen LogP contribution in [0.25, 0.3) is 0 Å². The molecule has 18 heavy (non-hydrogen) atoms. The molecule has 0 aliphatic heterocycles. The van der Waals surface area contributed by atoms with E-state index in [0.717, 1.165) is 17.3 Å². The van der Waals surface area contributed by atoms with E-state index in [1.807, 2.05) is 12.1 Å². The minimum Gasteiger partial charge on any atom is -0.497 e. The number of hydrogen-bond acceptors (Lipinski definition) is 1. The molecule has 1 nitrogen and oxygen atoms in total. The summed E-state index contributed by atoms with van der Waals surface area (Å²) >= 11 is 0. The molecule has 0 amide bonds. The SMILES string of the molecule is COc1ccc(C[S+](C)Cc2ccccc2)cc1. The quantitative estimate of drug-likeness (QED) is 0.745. The third-order valence-electron chi connectivity index (χ3n) is 2.83. The van der Waals surface area contributed by atoms with Gasteiger partial charge in [0.25, 0.3) is 0 Å². The van der Waals surface area contributed by atoms with Gasteiger partial charge in [0.1, 0.15) is 17.3 Å². The van der Waals surface area contributed by atoms with Crippen molar-refractivity contribution in [1.82, 2.24) is 0 Å². The van der Waals surface area contributed by atoms with Crippen molar-refractivity contribution in [1.29, 1.82) is 0 Å². The summed E-state index contributed by atoms with van der Waals surface area (Å²) in [7, 11) is 2.08. The third-order valence-corrected chi connectivity index (χ3v) is 4.48. The number of ether oxygens (including phenoxy) is 1. The number of hydrogen-bond donors (Lipinski definition) is 0. The van der Waals surface area contributed by atoms with E-state index in [1.165, 1.54) is 11.1 Å². The van der Waals surface area contributed by atoms with Crippen molar-refractivity contribution in [2.45, 2.75) is 11.5 Å². The van der Waals surface area contributed by atoms with Crippen LogP contribution in [0.15, 0.2) is 54.6 Å². The van der Waals surface area contributed by atoms with Gasteiger partial charge in [-0.1, -0.05) is 42.5 Å². The van der Waals surface area contributed by atoms with E-state index < -0.39 is 0 Å². The molecular weight excluding hydrogens is 240 g/mol. The summed E-state index contributed by atoms with van der Waals surface area (Å²) in [5.41, 5.74) is 2.81. The van der Waals surface area contributed by atoms with Crippen LogP contribution in [-0.2, 0) is 22.4 Å². The van der Waals surface area contributed by atoms with Gasteiger partial charge in [0.05, 0.1) is 13.4 Å². The third kappa shape index (κ3) is 3.81. The molecule has 0 heterocycles. The highest BCUT2D eigenvalue weighted by atomic mass is 32.2. The highest BCUT2D eigenvalue weighted by molar-refractivity contribution is 7.94. The molecule has 0 aromatic heterocycles. The Hall–Kier alpha value is -1.41. The average Bonchev–Trinajstić information content (AvgIpc) is 2.40. The molecule has 2 rings (SSSR count). The van der Waals surface area contributed by atoms with Crippen molar-refractivity contribution in [2.75, 3.05) is 13.4 Å². The largest absolute Gasteiger partial charge is 0.497 e. The molecule has 94 valence electrons. The van der Waals surface area contributed by atoms with Crippen LogP contribution in [0, 0.1) is 0 Å². The van der Waals surface area contributed by atoms with Crippen molar-refractivity contribution >= 4 is 10.9 Å². The molecule has 2 aromatic carbocycles. The monoisotopic (exact) mass is 259 g/mol. The highest BCUT2D eigenvalue weighted by Crippen LogP contribution is 2.16. The van der Waals surface area contributed by atoms with Crippen LogP contribution in [0.4, 0.5) is 0 Å². The first-order valence-electron chi connectivity index (χ1n) is 6.04. The fraction of sp³-hybridized carbons (Fsp3) is 0.250. The summed E-state index contributed by atoms with van der Waals surface area (Å²) in [5.74, 6) is 3.23. The van der Waals surface area contributed by atoms with Crippen molar-refractivity contribution < 1.29 is 4.74 Å². The van der Waals surface area contributed by atoms with Crippen LogP contribution in [0.5, 0.6) is 5.75 Å². The highest BCUT2D eigenvalue weighted by Gasteiger charge is 2.12. The van der Waals surface area contributed by atoms with Gasteiger partial charge < -0.3 is 4.74 Å². The second-order valence-corrected chi connectivity index (χ2v) is 6.54. The molecule has 0 bridgehead atoms. The van der Waals surface area contributed by atoms with Crippen LogP contribution in [0.2, 0.25) is 0 Å². The molecule has 1 unspecified atom stereocenters. The van der Waals surface area contributed by atoms with Gasteiger partial charge in [-0.05, 0) is 23.0 Å². The van der Waals surface area contributed by atoms with Crippen molar-refractivity contribution in [3.63, 3.8) is 0 Å². The maximum atomic E-state index is 5.17.